The highest BCUT2D eigenvalue weighted by Crippen LogP contribution is 2.24. The zero-order chi connectivity index (χ0) is 12.1. The van der Waals surface area contributed by atoms with E-state index in [4.69, 9.17) is 5.73 Å². The Hall–Kier alpha value is -1.49. The van der Waals surface area contributed by atoms with Gasteiger partial charge in [-0.05, 0) is 6.07 Å². The minimum Gasteiger partial charge on any atom is -0.468 e. The maximum Gasteiger partial charge on any atom is 0.322 e. The number of ether oxygens (including phenoxy) is 1. The number of rotatable bonds is 4. The van der Waals surface area contributed by atoms with Gasteiger partial charge in [-0.25, -0.2) is 8.78 Å². The standard InChI is InChI=1S/C11H13F2NO2/c1-16-11(15)10(14)6-9(13)7-4-2-3-5-8(7)12/h2-5,9-10H,6,14H2,1H3. The molecule has 0 aromatic heterocycles. The van der Waals surface area contributed by atoms with Crippen molar-refractivity contribution in [2.45, 2.75) is 18.6 Å². The van der Waals surface area contributed by atoms with Gasteiger partial charge in [0, 0.05) is 12.0 Å². The Labute approximate surface area is 92.2 Å². The van der Waals surface area contributed by atoms with E-state index in [1.165, 1.54) is 25.3 Å². The molecule has 0 fully saturated rings. The number of alkyl halides is 1. The molecule has 0 aliphatic heterocycles. The highest BCUT2D eigenvalue weighted by Gasteiger charge is 2.22. The molecule has 2 N–H and O–H groups in total. The predicted molar refractivity (Wildman–Crippen MR) is 54.9 cm³/mol. The minimum atomic E-state index is -1.62. The van der Waals surface area contributed by atoms with Gasteiger partial charge in [-0.2, -0.15) is 0 Å². The summed E-state index contributed by atoms with van der Waals surface area (Å²) in [5.41, 5.74) is 5.28. The quantitative estimate of drug-likeness (QED) is 0.800. The van der Waals surface area contributed by atoms with E-state index in [0.29, 0.717) is 0 Å². The Kier molecular flexibility index (Phi) is 4.37. The molecule has 3 nitrogen and oxygen atoms in total. The van der Waals surface area contributed by atoms with Crippen LogP contribution in [-0.2, 0) is 9.53 Å². The molecule has 2 unspecified atom stereocenters. The van der Waals surface area contributed by atoms with E-state index in [9.17, 15) is 13.6 Å². The first-order valence-corrected chi connectivity index (χ1v) is 4.78. The van der Waals surface area contributed by atoms with Crippen LogP contribution in [0.2, 0.25) is 0 Å². The lowest BCUT2D eigenvalue weighted by Gasteiger charge is -2.13. The van der Waals surface area contributed by atoms with Crippen LogP contribution in [0.5, 0.6) is 0 Å². The Morgan fingerprint density at radius 2 is 2.12 bits per heavy atom. The minimum absolute atomic E-state index is 0.0955. The van der Waals surface area contributed by atoms with Crippen molar-refractivity contribution in [3.63, 3.8) is 0 Å². The second-order valence-electron chi connectivity index (χ2n) is 3.35. The van der Waals surface area contributed by atoms with Crippen molar-refractivity contribution in [3.8, 4) is 0 Å². The maximum absolute atomic E-state index is 13.6. The van der Waals surface area contributed by atoms with Gasteiger partial charge < -0.3 is 10.5 Å². The summed E-state index contributed by atoms with van der Waals surface area (Å²) in [5, 5.41) is 0. The second kappa shape index (κ2) is 5.55. The van der Waals surface area contributed by atoms with E-state index in [0.717, 1.165) is 6.07 Å². The molecule has 1 aromatic carbocycles. The lowest BCUT2D eigenvalue weighted by atomic mass is 10.0. The highest BCUT2D eigenvalue weighted by atomic mass is 19.1. The van der Waals surface area contributed by atoms with Gasteiger partial charge >= 0.3 is 5.97 Å². The fourth-order valence-corrected chi connectivity index (χ4v) is 1.33. The molecule has 88 valence electrons. The number of carbonyl (C=O) groups excluding carboxylic acids is 1. The molecule has 16 heavy (non-hydrogen) atoms. The molecular weight excluding hydrogens is 216 g/mol. The van der Waals surface area contributed by atoms with Crippen LogP contribution < -0.4 is 5.73 Å². The molecule has 0 radical (unpaired) electrons. The van der Waals surface area contributed by atoms with Gasteiger partial charge in [0.15, 0.2) is 0 Å². The van der Waals surface area contributed by atoms with E-state index in [1.54, 1.807) is 0 Å². The van der Waals surface area contributed by atoms with Gasteiger partial charge in [-0.15, -0.1) is 0 Å². The summed E-state index contributed by atoms with van der Waals surface area (Å²) in [5.74, 6) is -1.36. The van der Waals surface area contributed by atoms with Gasteiger partial charge in [0.05, 0.1) is 7.11 Å². The molecule has 0 bridgehead atoms. The smallest absolute Gasteiger partial charge is 0.322 e. The third kappa shape index (κ3) is 3.00. The van der Waals surface area contributed by atoms with Crippen molar-refractivity contribution in [3.05, 3.63) is 35.6 Å². The molecule has 1 aromatic rings. The summed E-state index contributed by atoms with van der Waals surface area (Å²) < 4.78 is 31.1. The zero-order valence-electron chi connectivity index (χ0n) is 8.82. The Bertz CT molecular complexity index is 371. The average Bonchev–Trinajstić information content (AvgIpc) is 2.28. The van der Waals surface area contributed by atoms with Crippen molar-refractivity contribution in [1.29, 1.82) is 0 Å². The zero-order valence-corrected chi connectivity index (χ0v) is 8.82. The first-order valence-electron chi connectivity index (χ1n) is 4.78. The van der Waals surface area contributed by atoms with Crippen LogP contribution >= 0.6 is 0 Å². The van der Waals surface area contributed by atoms with Crippen LogP contribution in [0.4, 0.5) is 8.78 Å². The number of methoxy groups -OCH3 is 1. The van der Waals surface area contributed by atoms with Gasteiger partial charge in [-0.1, -0.05) is 18.2 Å². The Morgan fingerprint density at radius 1 is 1.50 bits per heavy atom. The molecule has 5 heteroatoms. The predicted octanol–water partition coefficient (Wildman–Crippen LogP) is 1.73. The highest BCUT2D eigenvalue weighted by molar-refractivity contribution is 5.75. The third-order valence-electron chi connectivity index (χ3n) is 2.21. The van der Waals surface area contributed by atoms with Crippen molar-refractivity contribution in [1.82, 2.24) is 0 Å². The van der Waals surface area contributed by atoms with Crippen molar-refractivity contribution < 1.29 is 18.3 Å². The molecule has 0 saturated heterocycles. The number of benzene rings is 1. The molecule has 0 amide bonds. The van der Waals surface area contributed by atoms with Gasteiger partial charge in [-0.3, -0.25) is 4.79 Å². The fraction of sp³-hybridized carbons (Fsp3) is 0.364. The second-order valence-corrected chi connectivity index (χ2v) is 3.35. The van der Waals surface area contributed by atoms with Crippen LogP contribution in [0.25, 0.3) is 0 Å². The summed E-state index contributed by atoms with van der Waals surface area (Å²) in [7, 11) is 1.17. The van der Waals surface area contributed by atoms with Gasteiger partial charge in [0.2, 0.25) is 0 Å². The van der Waals surface area contributed by atoms with E-state index < -0.39 is 24.0 Å². The molecular formula is C11H13F2NO2. The summed E-state index contributed by atoms with van der Waals surface area (Å²) in [6.45, 7) is 0. The Balaban J connectivity index is 2.69. The summed E-state index contributed by atoms with van der Waals surface area (Å²) in [6, 6.07) is 4.38. The normalized spacial score (nSPS) is 14.2. The van der Waals surface area contributed by atoms with E-state index in [1.807, 2.05) is 0 Å². The topological polar surface area (TPSA) is 52.3 Å². The molecule has 0 aliphatic carbocycles. The van der Waals surface area contributed by atoms with Gasteiger partial charge in [0.1, 0.15) is 18.0 Å². The first kappa shape index (κ1) is 12.6. The van der Waals surface area contributed by atoms with Crippen LogP contribution in [-0.4, -0.2) is 19.1 Å². The molecule has 0 saturated carbocycles. The first-order chi connectivity index (χ1) is 7.56. The van der Waals surface area contributed by atoms with Crippen LogP contribution in [0.1, 0.15) is 18.2 Å². The van der Waals surface area contributed by atoms with Crippen molar-refractivity contribution in [2.75, 3.05) is 7.11 Å². The summed E-state index contributed by atoms with van der Waals surface area (Å²) in [6.07, 6.45) is -1.91. The number of nitrogens with two attached hydrogens (primary N) is 1. The van der Waals surface area contributed by atoms with Gasteiger partial charge in [0.25, 0.3) is 0 Å². The molecule has 2 atom stereocenters. The molecule has 0 aliphatic rings. The maximum atomic E-state index is 13.6. The summed E-state index contributed by atoms with van der Waals surface area (Å²) >= 11 is 0. The monoisotopic (exact) mass is 229 g/mol. The number of hydrogen-bond donors (Lipinski definition) is 1. The van der Waals surface area contributed by atoms with Crippen LogP contribution in [0.3, 0.4) is 0 Å². The molecule has 0 heterocycles. The van der Waals surface area contributed by atoms with Crippen LogP contribution in [0, 0.1) is 5.82 Å². The van der Waals surface area contributed by atoms with Crippen molar-refractivity contribution >= 4 is 5.97 Å². The van der Waals surface area contributed by atoms with E-state index in [2.05, 4.69) is 4.74 Å². The summed E-state index contributed by atoms with van der Waals surface area (Å²) in [4.78, 5) is 11.0. The number of esters is 1. The number of carbonyl (C=O) groups is 1. The average molecular weight is 229 g/mol. The van der Waals surface area contributed by atoms with E-state index in [-0.39, 0.29) is 12.0 Å². The van der Waals surface area contributed by atoms with E-state index >= 15 is 0 Å². The SMILES string of the molecule is COC(=O)C(N)CC(F)c1ccccc1F. The lowest BCUT2D eigenvalue weighted by Crippen LogP contribution is -2.32. The third-order valence-corrected chi connectivity index (χ3v) is 2.21. The van der Waals surface area contributed by atoms with Crippen molar-refractivity contribution in [2.24, 2.45) is 5.73 Å². The molecule has 1 rings (SSSR count). The largest absolute Gasteiger partial charge is 0.468 e. The lowest BCUT2D eigenvalue weighted by molar-refractivity contribution is -0.142. The fourth-order valence-electron chi connectivity index (χ4n) is 1.33. The number of hydrogen-bond acceptors (Lipinski definition) is 3. The van der Waals surface area contributed by atoms with Crippen LogP contribution in [0.15, 0.2) is 24.3 Å². The number of halogens is 2. The molecule has 0 spiro atoms. The Morgan fingerprint density at radius 3 is 2.69 bits per heavy atom.